The van der Waals surface area contributed by atoms with Crippen LogP contribution in [0.1, 0.15) is 59.3 Å². The lowest BCUT2D eigenvalue weighted by Gasteiger charge is -2.32. The molecular weight excluding hydrogens is 372 g/mol. The highest BCUT2D eigenvalue weighted by Crippen LogP contribution is 2.30. The lowest BCUT2D eigenvalue weighted by atomic mass is 9.88. The van der Waals surface area contributed by atoms with Gasteiger partial charge in [0.15, 0.2) is 0 Å². The van der Waals surface area contributed by atoms with Crippen molar-refractivity contribution in [2.24, 2.45) is 5.73 Å². The van der Waals surface area contributed by atoms with Crippen molar-refractivity contribution < 1.29 is 4.79 Å². The van der Waals surface area contributed by atoms with Crippen molar-refractivity contribution in [2.75, 3.05) is 13.1 Å². The molecule has 0 radical (unpaired) electrons. The minimum atomic E-state index is 0.106. The van der Waals surface area contributed by atoms with Crippen molar-refractivity contribution in [1.82, 2.24) is 14.7 Å². The molecule has 156 valence electrons. The highest BCUT2D eigenvalue weighted by molar-refractivity contribution is 5.95. The highest BCUT2D eigenvalue weighted by Gasteiger charge is 2.27. The van der Waals surface area contributed by atoms with E-state index in [4.69, 9.17) is 5.73 Å². The van der Waals surface area contributed by atoms with Gasteiger partial charge >= 0.3 is 0 Å². The van der Waals surface area contributed by atoms with Gasteiger partial charge in [-0.3, -0.25) is 4.79 Å². The smallest absolute Gasteiger partial charge is 0.257 e. The Morgan fingerprint density at radius 1 is 1.10 bits per heavy atom. The number of carbonyl (C=O) groups is 1. The Hall–Kier alpha value is -2.92. The van der Waals surface area contributed by atoms with E-state index in [1.807, 2.05) is 39.9 Å². The van der Waals surface area contributed by atoms with E-state index in [1.165, 1.54) is 11.1 Å². The van der Waals surface area contributed by atoms with Crippen LogP contribution in [-0.4, -0.2) is 33.7 Å². The molecule has 0 spiro atoms. The predicted octanol–water partition coefficient (Wildman–Crippen LogP) is 4.30. The molecule has 2 N–H and O–H groups in total. The van der Waals surface area contributed by atoms with Crippen molar-refractivity contribution in [3.8, 4) is 5.69 Å². The van der Waals surface area contributed by atoms with E-state index in [-0.39, 0.29) is 5.91 Å². The lowest BCUT2D eigenvalue weighted by molar-refractivity contribution is 0.0712. The fourth-order valence-corrected chi connectivity index (χ4v) is 4.38. The fourth-order valence-electron chi connectivity index (χ4n) is 4.38. The van der Waals surface area contributed by atoms with Gasteiger partial charge < -0.3 is 10.6 Å². The minimum Gasteiger partial charge on any atom is -0.338 e. The highest BCUT2D eigenvalue weighted by atomic mass is 16.2. The lowest BCUT2D eigenvalue weighted by Crippen LogP contribution is -2.38. The van der Waals surface area contributed by atoms with Crippen molar-refractivity contribution in [3.05, 3.63) is 83.2 Å². The number of rotatable bonds is 6. The Bertz CT molecular complexity index is 987. The van der Waals surface area contributed by atoms with Crippen molar-refractivity contribution in [1.29, 1.82) is 0 Å². The molecular formula is C25H30N4O. The Kier molecular flexibility index (Phi) is 6.29. The number of piperidine rings is 1. The second kappa shape index (κ2) is 9.26. The van der Waals surface area contributed by atoms with Gasteiger partial charge in [0.05, 0.1) is 23.1 Å². The van der Waals surface area contributed by atoms with Gasteiger partial charge in [-0.2, -0.15) is 5.10 Å². The molecule has 3 aromatic rings. The van der Waals surface area contributed by atoms with Gasteiger partial charge in [-0.1, -0.05) is 55.8 Å². The molecule has 5 nitrogen and oxygen atoms in total. The minimum absolute atomic E-state index is 0.106. The Morgan fingerprint density at radius 2 is 1.87 bits per heavy atom. The third-order valence-corrected chi connectivity index (χ3v) is 6.03. The summed E-state index contributed by atoms with van der Waals surface area (Å²) in [4.78, 5) is 15.3. The zero-order valence-electron chi connectivity index (χ0n) is 17.6. The molecule has 1 amide bonds. The molecule has 0 atom stereocenters. The summed E-state index contributed by atoms with van der Waals surface area (Å²) in [6.07, 6.45) is 5.51. The molecule has 0 aliphatic carbocycles. The quantitative estimate of drug-likeness (QED) is 0.668. The molecule has 2 aromatic carbocycles. The van der Waals surface area contributed by atoms with Gasteiger partial charge in [0.25, 0.3) is 5.91 Å². The molecule has 2 heterocycles. The average molecular weight is 403 g/mol. The number of likely N-dealkylation sites (tertiary alicyclic amines) is 1. The summed E-state index contributed by atoms with van der Waals surface area (Å²) in [5, 5.41) is 4.56. The Labute approximate surface area is 178 Å². The zero-order valence-corrected chi connectivity index (χ0v) is 17.6. The van der Waals surface area contributed by atoms with Crippen LogP contribution < -0.4 is 5.73 Å². The Morgan fingerprint density at radius 3 is 2.57 bits per heavy atom. The SMILES string of the molecule is CCCc1c(C(=O)N2CCC(c3cccc(CN)c3)CC2)cnn1-c1ccccc1. The largest absolute Gasteiger partial charge is 0.338 e. The Balaban J connectivity index is 1.50. The third kappa shape index (κ3) is 4.17. The van der Waals surface area contributed by atoms with Gasteiger partial charge in [0, 0.05) is 19.6 Å². The summed E-state index contributed by atoms with van der Waals surface area (Å²) in [5.41, 5.74) is 11.1. The van der Waals surface area contributed by atoms with Crippen LogP contribution in [0.4, 0.5) is 0 Å². The summed E-state index contributed by atoms with van der Waals surface area (Å²) >= 11 is 0. The van der Waals surface area contributed by atoms with Crippen LogP contribution in [0.2, 0.25) is 0 Å². The van der Waals surface area contributed by atoms with Crippen LogP contribution in [0.15, 0.2) is 60.8 Å². The number of hydrogen-bond acceptors (Lipinski definition) is 3. The predicted molar refractivity (Wildman–Crippen MR) is 120 cm³/mol. The van der Waals surface area contributed by atoms with Gasteiger partial charge in [-0.25, -0.2) is 4.68 Å². The molecule has 0 bridgehead atoms. The normalized spacial score (nSPS) is 14.8. The summed E-state index contributed by atoms with van der Waals surface area (Å²) < 4.78 is 1.92. The van der Waals surface area contributed by atoms with Crippen LogP contribution in [0.3, 0.4) is 0 Å². The second-order valence-electron chi connectivity index (χ2n) is 8.02. The number of para-hydroxylation sites is 1. The van der Waals surface area contributed by atoms with E-state index >= 15 is 0 Å². The molecule has 1 aromatic heterocycles. The number of nitrogens with two attached hydrogens (primary N) is 1. The molecule has 0 saturated carbocycles. The molecule has 1 fully saturated rings. The van der Waals surface area contributed by atoms with E-state index in [2.05, 4.69) is 36.3 Å². The summed E-state index contributed by atoms with van der Waals surface area (Å²) in [6.45, 7) is 4.26. The van der Waals surface area contributed by atoms with Gasteiger partial charge in [0.2, 0.25) is 0 Å². The van der Waals surface area contributed by atoms with Crippen LogP contribution in [0.5, 0.6) is 0 Å². The monoisotopic (exact) mass is 402 g/mol. The van der Waals surface area contributed by atoms with Gasteiger partial charge in [-0.05, 0) is 48.4 Å². The number of nitrogens with zero attached hydrogens (tertiary/aromatic N) is 3. The standard InChI is InChI=1S/C25H30N4O/c1-2-7-24-23(18-27-29(24)22-10-4-3-5-11-22)25(30)28-14-12-20(13-15-28)21-9-6-8-19(16-21)17-26/h3-6,8-11,16,18,20H,2,7,12-15,17,26H2,1H3. The van der Waals surface area contributed by atoms with Crippen molar-refractivity contribution in [3.63, 3.8) is 0 Å². The van der Waals surface area contributed by atoms with E-state index in [9.17, 15) is 4.79 Å². The first-order chi connectivity index (χ1) is 14.7. The summed E-state index contributed by atoms with van der Waals surface area (Å²) in [7, 11) is 0. The van der Waals surface area contributed by atoms with E-state index in [0.717, 1.165) is 55.7 Å². The summed E-state index contributed by atoms with van der Waals surface area (Å²) in [5.74, 6) is 0.595. The number of benzene rings is 2. The molecule has 0 unspecified atom stereocenters. The molecule has 1 aliphatic rings. The second-order valence-corrected chi connectivity index (χ2v) is 8.02. The number of carbonyl (C=O) groups excluding carboxylic acids is 1. The topological polar surface area (TPSA) is 64.2 Å². The molecule has 30 heavy (non-hydrogen) atoms. The van der Waals surface area contributed by atoms with Crippen LogP contribution in [-0.2, 0) is 13.0 Å². The van der Waals surface area contributed by atoms with E-state index < -0.39 is 0 Å². The maximum absolute atomic E-state index is 13.3. The fraction of sp³-hybridized carbons (Fsp3) is 0.360. The molecule has 1 saturated heterocycles. The van der Waals surface area contributed by atoms with Gasteiger partial charge in [0.1, 0.15) is 0 Å². The van der Waals surface area contributed by atoms with Crippen molar-refractivity contribution >= 4 is 5.91 Å². The first-order valence-electron chi connectivity index (χ1n) is 10.9. The number of amides is 1. The van der Waals surface area contributed by atoms with Crippen LogP contribution >= 0.6 is 0 Å². The molecule has 1 aliphatic heterocycles. The average Bonchev–Trinajstić information content (AvgIpc) is 3.23. The maximum Gasteiger partial charge on any atom is 0.257 e. The maximum atomic E-state index is 13.3. The third-order valence-electron chi connectivity index (χ3n) is 6.03. The van der Waals surface area contributed by atoms with Crippen LogP contribution in [0, 0.1) is 0 Å². The van der Waals surface area contributed by atoms with E-state index in [0.29, 0.717) is 12.5 Å². The van der Waals surface area contributed by atoms with Crippen LogP contribution in [0.25, 0.3) is 5.69 Å². The first kappa shape index (κ1) is 20.4. The number of hydrogen-bond donors (Lipinski definition) is 1. The number of aromatic nitrogens is 2. The zero-order chi connectivity index (χ0) is 20.9. The van der Waals surface area contributed by atoms with Gasteiger partial charge in [-0.15, -0.1) is 0 Å². The first-order valence-corrected chi connectivity index (χ1v) is 10.9. The van der Waals surface area contributed by atoms with E-state index in [1.54, 1.807) is 6.20 Å². The molecule has 5 heteroatoms. The van der Waals surface area contributed by atoms with Crippen molar-refractivity contribution in [2.45, 2.75) is 45.1 Å². The molecule has 4 rings (SSSR count). The summed E-state index contributed by atoms with van der Waals surface area (Å²) in [6, 6.07) is 18.6.